The van der Waals surface area contributed by atoms with Crippen molar-refractivity contribution in [3.05, 3.63) is 64.7 Å². The molecule has 4 rings (SSSR count). The highest BCUT2D eigenvalue weighted by Crippen LogP contribution is 2.35. The molecule has 0 saturated heterocycles. The average Bonchev–Trinajstić information content (AvgIpc) is 3.23. The van der Waals surface area contributed by atoms with Crippen LogP contribution in [0, 0.1) is 0 Å². The van der Waals surface area contributed by atoms with Crippen LogP contribution in [0.2, 0.25) is 0 Å². The topological polar surface area (TPSA) is 82.1 Å². The summed E-state index contributed by atoms with van der Waals surface area (Å²) in [5, 5.41) is 0. The van der Waals surface area contributed by atoms with E-state index in [4.69, 9.17) is 14.2 Å². The average molecular weight is 421 g/mol. The zero-order valence-corrected chi connectivity index (χ0v) is 17.4. The van der Waals surface area contributed by atoms with Crippen molar-refractivity contribution in [1.82, 2.24) is 4.90 Å². The molecule has 0 aromatic heterocycles. The van der Waals surface area contributed by atoms with Gasteiger partial charge < -0.3 is 14.2 Å². The predicted molar refractivity (Wildman–Crippen MR) is 113 cm³/mol. The zero-order valence-electron chi connectivity index (χ0n) is 17.4. The highest BCUT2D eigenvalue weighted by atomic mass is 16.5. The van der Waals surface area contributed by atoms with Crippen LogP contribution < -0.4 is 9.47 Å². The van der Waals surface area contributed by atoms with Crippen LogP contribution >= 0.6 is 0 Å². The van der Waals surface area contributed by atoms with Crippen molar-refractivity contribution in [2.45, 2.75) is 26.4 Å². The van der Waals surface area contributed by atoms with Crippen LogP contribution in [0.3, 0.4) is 0 Å². The first kappa shape index (κ1) is 20.7. The van der Waals surface area contributed by atoms with Gasteiger partial charge in [0.05, 0.1) is 24.3 Å². The molecule has 2 aliphatic rings. The Hall–Kier alpha value is -3.61. The summed E-state index contributed by atoms with van der Waals surface area (Å²) in [6, 6.07) is 10.4. The number of esters is 1. The number of fused-ring (bicyclic) bond motifs is 2. The summed E-state index contributed by atoms with van der Waals surface area (Å²) in [6.07, 6.45) is 3.84. The van der Waals surface area contributed by atoms with Gasteiger partial charge in [-0.05, 0) is 44.2 Å². The minimum absolute atomic E-state index is 0.000691. The predicted octanol–water partition coefficient (Wildman–Crippen LogP) is 3.26. The number of ether oxygens (including phenoxy) is 3. The van der Waals surface area contributed by atoms with E-state index in [9.17, 15) is 14.4 Å². The Bertz CT molecular complexity index is 1040. The largest absolute Gasteiger partial charge is 0.493 e. The van der Waals surface area contributed by atoms with Crippen LogP contribution in [0.4, 0.5) is 0 Å². The Morgan fingerprint density at radius 3 is 2.58 bits per heavy atom. The van der Waals surface area contributed by atoms with Gasteiger partial charge in [-0.15, -0.1) is 0 Å². The molecule has 31 heavy (non-hydrogen) atoms. The quantitative estimate of drug-likeness (QED) is 0.388. The zero-order chi connectivity index (χ0) is 22.0. The van der Waals surface area contributed by atoms with Gasteiger partial charge in [0.15, 0.2) is 0 Å². The van der Waals surface area contributed by atoms with E-state index >= 15 is 0 Å². The van der Waals surface area contributed by atoms with Crippen molar-refractivity contribution < 1.29 is 28.6 Å². The van der Waals surface area contributed by atoms with E-state index in [1.54, 1.807) is 30.3 Å². The van der Waals surface area contributed by atoms with Gasteiger partial charge in [-0.2, -0.15) is 0 Å². The van der Waals surface area contributed by atoms with Gasteiger partial charge in [0.2, 0.25) is 0 Å². The van der Waals surface area contributed by atoms with Gasteiger partial charge in [0, 0.05) is 23.6 Å². The number of hydrogen-bond acceptors (Lipinski definition) is 6. The molecule has 0 N–H and O–H groups in total. The van der Waals surface area contributed by atoms with Gasteiger partial charge >= 0.3 is 5.97 Å². The van der Waals surface area contributed by atoms with Crippen LogP contribution in [0.1, 0.15) is 45.7 Å². The molecule has 2 heterocycles. The summed E-state index contributed by atoms with van der Waals surface area (Å²) in [5.74, 6) is 0.138. The molecule has 2 aromatic rings. The van der Waals surface area contributed by atoms with Crippen molar-refractivity contribution in [1.29, 1.82) is 0 Å². The maximum absolute atomic E-state index is 12.3. The number of amides is 2. The molecule has 2 aliphatic heterocycles. The molecule has 7 heteroatoms. The summed E-state index contributed by atoms with van der Waals surface area (Å²) in [7, 11) is 0. The lowest BCUT2D eigenvalue weighted by Crippen LogP contribution is -2.33. The monoisotopic (exact) mass is 421 g/mol. The molecular weight excluding hydrogens is 398 g/mol. The fraction of sp³-hybridized carbons (Fsp3) is 0.292. The second kappa shape index (κ2) is 8.63. The summed E-state index contributed by atoms with van der Waals surface area (Å²) < 4.78 is 16.7. The normalized spacial score (nSPS) is 17.0. The molecule has 7 nitrogen and oxygen atoms in total. The molecule has 0 fully saturated rings. The minimum atomic E-state index is -0.575. The summed E-state index contributed by atoms with van der Waals surface area (Å²) >= 11 is 0. The van der Waals surface area contributed by atoms with E-state index in [-0.39, 0.29) is 31.1 Å². The number of rotatable bonds is 7. The van der Waals surface area contributed by atoms with E-state index in [0.29, 0.717) is 29.0 Å². The van der Waals surface area contributed by atoms with E-state index < -0.39 is 5.97 Å². The van der Waals surface area contributed by atoms with Gasteiger partial charge in [0.25, 0.3) is 11.8 Å². The van der Waals surface area contributed by atoms with Crippen LogP contribution in [0.5, 0.6) is 11.5 Å². The molecule has 1 atom stereocenters. The molecule has 0 aliphatic carbocycles. The van der Waals surface area contributed by atoms with Crippen molar-refractivity contribution >= 4 is 23.9 Å². The maximum Gasteiger partial charge on any atom is 0.330 e. The second-order valence-corrected chi connectivity index (χ2v) is 7.37. The standard InChI is InChI=1S/C24H23NO6/c1-3-29-20-14-17-12-15(2)31-21(17)13-16(20)8-9-22(26)30-11-10-25-23(27)18-6-4-5-7-19(18)24(25)28/h4-9,13-15H,3,10-12H2,1-2H3/b9-8+/t15-/m0/s1. The number of carbonyl (C=O) groups excluding carboxylic acids is 3. The third-order valence-corrected chi connectivity index (χ3v) is 5.16. The molecular formula is C24H23NO6. The van der Waals surface area contributed by atoms with Crippen molar-refractivity contribution in [3.8, 4) is 11.5 Å². The molecule has 0 bridgehead atoms. The molecule has 0 unspecified atom stereocenters. The summed E-state index contributed by atoms with van der Waals surface area (Å²) in [4.78, 5) is 37.9. The Morgan fingerprint density at radius 1 is 1.19 bits per heavy atom. The lowest BCUT2D eigenvalue weighted by molar-refractivity contribution is -0.137. The third kappa shape index (κ3) is 4.17. The van der Waals surface area contributed by atoms with Gasteiger partial charge in [0.1, 0.15) is 24.2 Å². The molecule has 0 spiro atoms. The van der Waals surface area contributed by atoms with Crippen molar-refractivity contribution in [3.63, 3.8) is 0 Å². The highest BCUT2D eigenvalue weighted by molar-refractivity contribution is 6.21. The van der Waals surface area contributed by atoms with Crippen LogP contribution in [-0.2, 0) is 16.0 Å². The van der Waals surface area contributed by atoms with E-state index in [2.05, 4.69) is 0 Å². The first-order chi connectivity index (χ1) is 15.0. The Balaban J connectivity index is 1.36. The fourth-order valence-electron chi connectivity index (χ4n) is 3.75. The van der Waals surface area contributed by atoms with Crippen LogP contribution in [0.25, 0.3) is 6.08 Å². The van der Waals surface area contributed by atoms with E-state index in [0.717, 1.165) is 22.6 Å². The smallest absolute Gasteiger partial charge is 0.330 e. The number of nitrogens with zero attached hydrogens (tertiary/aromatic N) is 1. The summed E-state index contributed by atoms with van der Waals surface area (Å²) in [5.41, 5.74) is 2.54. The van der Waals surface area contributed by atoms with Gasteiger partial charge in [-0.1, -0.05) is 12.1 Å². The molecule has 2 aromatic carbocycles. The number of imide groups is 1. The lowest BCUT2D eigenvalue weighted by Gasteiger charge is -2.13. The summed E-state index contributed by atoms with van der Waals surface area (Å²) in [6.45, 7) is 4.31. The van der Waals surface area contributed by atoms with E-state index in [1.807, 2.05) is 26.0 Å². The Kier molecular flexibility index (Phi) is 5.75. The first-order valence-electron chi connectivity index (χ1n) is 10.2. The number of hydrogen-bond donors (Lipinski definition) is 0. The highest BCUT2D eigenvalue weighted by Gasteiger charge is 2.34. The number of carbonyl (C=O) groups is 3. The van der Waals surface area contributed by atoms with Crippen molar-refractivity contribution in [2.24, 2.45) is 0 Å². The molecule has 0 saturated carbocycles. The lowest BCUT2D eigenvalue weighted by atomic mass is 10.1. The maximum atomic E-state index is 12.3. The molecule has 2 amide bonds. The van der Waals surface area contributed by atoms with E-state index in [1.165, 1.54) is 6.08 Å². The second-order valence-electron chi connectivity index (χ2n) is 7.37. The van der Waals surface area contributed by atoms with Gasteiger partial charge in [-0.3, -0.25) is 14.5 Å². The first-order valence-corrected chi connectivity index (χ1v) is 10.2. The Labute approximate surface area is 180 Å². The molecule has 160 valence electrons. The minimum Gasteiger partial charge on any atom is -0.493 e. The van der Waals surface area contributed by atoms with Crippen LogP contribution in [0.15, 0.2) is 42.5 Å². The Morgan fingerprint density at radius 2 is 1.90 bits per heavy atom. The van der Waals surface area contributed by atoms with Gasteiger partial charge in [-0.25, -0.2) is 4.79 Å². The number of benzene rings is 2. The fourth-order valence-corrected chi connectivity index (χ4v) is 3.75. The molecule has 0 radical (unpaired) electrons. The van der Waals surface area contributed by atoms with Crippen molar-refractivity contribution in [2.75, 3.05) is 19.8 Å². The van der Waals surface area contributed by atoms with Crippen LogP contribution in [-0.4, -0.2) is 48.5 Å². The SMILES string of the molecule is CCOc1cc2c(cc1/C=C/C(=O)OCCN1C(=O)c3ccccc3C1=O)O[C@@H](C)C2. The third-order valence-electron chi connectivity index (χ3n) is 5.16.